The van der Waals surface area contributed by atoms with E-state index >= 15 is 0 Å². The standard InChI is InChI=1S/C21H26FNO.CH4O3S/c1-23-14-16(13-15-9-11-17(22)12-10-15)18-5-3-7-20-19(18)6-4-8-21(20)24-2;1-5(2,3)4/h4,6,8-12,16,18,23H,3,5,7,13-14H2,1-2H3;1H3,(H,2,3,4). The Hall–Kier alpha value is -1.96. The quantitative estimate of drug-likeness (QED) is 0.691. The maximum absolute atomic E-state index is 13.2. The van der Waals surface area contributed by atoms with Gasteiger partial charge in [-0.05, 0) is 86.0 Å². The van der Waals surface area contributed by atoms with E-state index in [0.717, 1.165) is 25.1 Å². The van der Waals surface area contributed by atoms with Crippen LogP contribution in [-0.2, 0) is 23.0 Å². The van der Waals surface area contributed by atoms with Gasteiger partial charge in [-0.15, -0.1) is 0 Å². The lowest BCUT2D eigenvalue weighted by Gasteiger charge is -2.33. The van der Waals surface area contributed by atoms with Gasteiger partial charge >= 0.3 is 0 Å². The van der Waals surface area contributed by atoms with E-state index in [2.05, 4.69) is 23.5 Å². The van der Waals surface area contributed by atoms with Crippen LogP contribution in [0.15, 0.2) is 42.5 Å². The maximum atomic E-state index is 13.2. The molecule has 2 atom stereocenters. The second-order valence-electron chi connectivity index (χ2n) is 7.41. The van der Waals surface area contributed by atoms with Crippen molar-refractivity contribution < 1.29 is 22.1 Å². The monoisotopic (exact) mass is 423 g/mol. The van der Waals surface area contributed by atoms with E-state index in [1.54, 1.807) is 19.2 Å². The molecule has 7 heteroatoms. The summed E-state index contributed by atoms with van der Waals surface area (Å²) in [7, 11) is 0.0931. The largest absolute Gasteiger partial charge is 0.496 e. The Bertz CT molecular complexity index is 876. The predicted octanol–water partition coefficient (Wildman–Crippen LogP) is 3.84. The molecule has 0 aromatic heterocycles. The van der Waals surface area contributed by atoms with Crippen molar-refractivity contribution >= 4 is 10.1 Å². The minimum Gasteiger partial charge on any atom is -0.496 e. The van der Waals surface area contributed by atoms with Crippen molar-refractivity contribution in [2.24, 2.45) is 5.92 Å². The number of hydrogen-bond donors (Lipinski definition) is 2. The number of methoxy groups -OCH3 is 1. The zero-order chi connectivity index (χ0) is 21.4. The van der Waals surface area contributed by atoms with Crippen molar-refractivity contribution in [3.63, 3.8) is 0 Å². The third-order valence-corrected chi connectivity index (χ3v) is 5.18. The first-order chi connectivity index (χ1) is 13.7. The summed E-state index contributed by atoms with van der Waals surface area (Å²) in [6.07, 6.45) is 5.17. The van der Waals surface area contributed by atoms with Gasteiger partial charge in [0.25, 0.3) is 10.1 Å². The van der Waals surface area contributed by atoms with Crippen LogP contribution in [0.1, 0.15) is 35.4 Å². The SMILES string of the molecule is CNCC(Cc1ccc(F)cc1)C1CCCc2c(OC)cccc21.CS(=O)(=O)O. The second-order valence-corrected chi connectivity index (χ2v) is 8.87. The summed E-state index contributed by atoms with van der Waals surface area (Å²) in [6, 6.07) is 13.4. The number of rotatable bonds is 6. The lowest BCUT2D eigenvalue weighted by atomic mass is 9.73. The highest BCUT2D eigenvalue weighted by molar-refractivity contribution is 7.85. The molecule has 0 amide bonds. The Morgan fingerprint density at radius 1 is 1.24 bits per heavy atom. The molecule has 0 saturated carbocycles. The third kappa shape index (κ3) is 7.42. The summed E-state index contributed by atoms with van der Waals surface area (Å²) in [6.45, 7) is 0.957. The van der Waals surface area contributed by atoms with Crippen LogP contribution in [0.4, 0.5) is 4.39 Å². The summed E-state index contributed by atoms with van der Waals surface area (Å²) < 4.78 is 44.6. The highest BCUT2D eigenvalue weighted by Gasteiger charge is 2.29. The van der Waals surface area contributed by atoms with Gasteiger partial charge in [0, 0.05) is 0 Å². The molecule has 3 rings (SSSR count). The molecule has 29 heavy (non-hydrogen) atoms. The van der Waals surface area contributed by atoms with Gasteiger partial charge in [-0.25, -0.2) is 4.39 Å². The minimum atomic E-state index is -3.67. The molecule has 0 fully saturated rings. The van der Waals surface area contributed by atoms with Gasteiger partial charge in [-0.2, -0.15) is 8.42 Å². The van der Waals surface area contributed by atoms with Crippen LogP contribution in [-0.4, -0.2) is 39.9 Å². The highest BCUT2D eigenvalue weighted by atomic mass is 32.2. The van der Waals surface area contributed by atoms with E-state index < -0.39 is 10.1 Å². The van der Waals surface area contributed by atoms with E-state index in [1.165, 1.54) is 29.5 Å². The number of benzene rings is 2. The lowest BCUT2D eigenvalue weighted by molar-refractivity contribution is 0.355. The molecular formula is C22H30FNO4S. The molecule has 0 aliphatic heterocycles. The fraction of sp³-hybridized carbons (Fsp3) is 0.455. The molecule has 0 spiro atoms. The van der Waals surface area contributed by atoms with Crippen LogP contribution in [0.3, 0.4) is 0 Å². The molecule has 0 radical (unpaired) electrons. The van der Waals surface area contributed by atoms with Crippen molar-refractivity contribution in [3.05, 3.63) is 65.0 Å². The van der Waals surface area contributed by atoms with E-state index in [9.17, 15) is 12.8 Å². The lowest BCUT2D eigenvalue weighted by Crippen LogP contribution is -2.29. The molecular weight excluding hydrogens is 393 g/mol. The summed E-state index contributed by atoms with van der Waals surface area (Å²) in [5.41, 5.74) is 4.01. The summed E-state index contributed by atoms with van der Waals surface area (Å²) >= 11 is 0. The minimum absolute atomic E-state index is 0.170. The van der Waals surface area contributed by atoms with Crippen molar-refractivity contribution in [2.45, 2.75) is 31.6 Å². The molecule has 2 unspecified atom stereocenters. The Morgan fingerprint density at radius 3 is 2.48 bits per heavy atom. The van der Waals surface area contributed by atoms with Crippen LogP contribution in [0.25, 0.3) is 0 Å². The Kier molecular flexibility index (Phi) is 8.61. The fourth-order valence-electron chi connectivity index (χ4n) is 4.07. The number of ether oxygens (including phenoxy) is 1. The number of fused-ring (bicyclic) bond motifs is 1. The van der Waals surface area contributed by atoms with Crippen LogP contribution in [0.5, 0.6) is 5.75 Å². The Balaban J connectivity index is 0.000000537. The Labute approximate surface area is 173 Å². The van der Waals surface area contributed by atoms with Crippen LogP contribution in [0.2, 0.25) is 0 Å². The Morgan fingerprint density at radius 2 is 1.90 bits per heavy atom. The molecule has 2 N–H and O–H groups in total. The van der Waals surface area contributed by atoms with Crippen molar-refractivity contribution in [1.82, 2.24) is 5.32 Å². The van der Waals surface area contributed by atoms with Gasteiger partial charge in [0.1, 0.15) is 11.6 Å². The number of hydrogen-bond acceptors (Lipinski definition) is 4. The number of nitrogens with one attached hydrogen (secondary N) is 1. The van der Waals surface area contributed by atoms with Crippen LogP contribution < -0.4 is 10.1 Å². The first-order valence-electron chi connectivity index (χ1n) is 9.70. The number of halogens is 1. The zero-order valence-corrected chi connectivity index (χ0v) is 18.0. The smallest absolute Gasteiger partial charge is 0.261 e. The molecule has 5 nitrogen and oxygen atoms in total. The molecule has 160 valence electrons. The van der Waals surface area contributed by atoms with Gasteiger partial charge < -0.3 is 10.1 Å². The third-order valence-electron chi connectivity index (χ3n) is 5.18. The zero-order valence-electron chi connectivity index (χ0n) is 17.2. The van der Waals surface area contributed by atoms with Crippen molar-refractivity contribution in [2.75, 3.05) is 27.0 Å². The van der Waals surface area contributed by atoms with Crippen LogP contribution >= 0.6 is 0 Å². The molecule has 2 aromatic rings. The van der Waals surface area contributed by atoms with Gasteiger partial charge in [-0.3, -0.25) is 4.55 Å². The van der Waals surface area contributed by atoms with E-state index in [-0.39, 0.29) is 5.82 Å². The molecule has 2 aromatic carbocycles. The molecule has 1 aliphatic rings. The normalized spacial score (nSPS) is 16.9. The van der Waals surface area contributed by atoms with Gasteiger partial charge in [0.15, 0.2) is 0 Å². The average molecular weight is 424 g/mol. The maximum Gasteiger partial charge on any atom is 0.261 e. The first-order valence-corrected chi connectivity index (χ1v) is 11.5. The molecule has 1 aliphatic carbocycles. The topological polar surface area (TPSA) is 75.6 Å². The van der Waals surface area contributed by atoms with E-state index in [4.69, 9.17) is 9.29 Å². The van der Waals surface area contributed by atoms with Gasteiger partial charge in [-0.1, -0.05) is 24.3 Å². The van der Waals surface area contributed by atoms with E-state index in [0.29, 0.717) is 18.1 Å². The second kappa shape index (κ2) is 10.7. The molecule has 0 saturated heterocycles. The van der Waals surface area contributed by atoms with Crippen molar-refractivity contribution in [3.8, 4) is 5.75 Å². The highest BCUT2D eigenvalue weighted by Crippen LogP contribution is 2.41. The summed E-state index contributed by atoms with van der Waals surface area (Å²) in [5, 5.41) is 3.35. The summed E-state index contributed by atoms with van der Waals surface area (Å²) in [5.74, 6) is 1.85. The fourth-order valence-corrected chi connectivity index (χ4v) is 4.07. The average Bonchev–Trinajstić information content (AvgIpc) is 2.67. The van der Waals surface area contributed by atoms with Crippen molar-refractivity contribution in [1.29, 1.82) is 0 Å². The first kappa shape index (κ1) is 23.3. The van der Waals surface area contributed by atoms with Gasteiger partial charge in [0.2, 0.25) is 0 Å². The van der Waals surface area contributed by atoms with E-state index in [1.807, 2.05) is 19.2 Å². The summed E-state index contributed by atoms with van der Waals surface area (Å²) in [4.78, 5) is 0. The van der Waals surface area contributed by atoms with Gasteiger partial charge in [0.05, 0.1) is 13.4 Å². The van der Waals surface area contributed by atoms with Crippen LogP contribution in [0, 0.1) is 11.7 Å². The molecule has 0 heterocycles. The predicted molar refractivity (Wildman–Crippen MR) is 114 cm³/mol. The molecule has 0 bridgehead atoms.